The number of benzene rings is 2. The van der Waals surface area contributed by atoms with Crippen molar-refractivity contribution in [2.24, 2.45) is 0 Å². The largest absolute Gasteiger partial charge is 0.573 e. The molecule has 2 aliphatic rings. The smallest absolute Gasteiger partial charge is 0.406 e. The molecule has 2 aliphatic heterocycles. The highest BCUT2D eigenvalue weighted by Crippen LogP contribution is 2.31. The van der Waals surface area contributed by atoms with Gasteiger partial charge in [-0.15, -0.1) is 13.2 Å². The summed E-state index contributed by atoms with van der Waals surface area (Å²) in [4.78, 5) is 29.7. The molecule has 4 rings (SSSR count). The van der Waals surface area contributed by atoms with Gasteiger partial charge in [0.25, 0.3) is 11.8 Å². The predicted molar refractivity (Wildman–Crippen MR) is 114 cm³/mol. The second-order valence-electron chi connectivity index (χ2n) is 7.53. The number of nitrogens with zero attached hydrogens (tertiary/aromatic N) is 2. The van der Waals surface area contributed by atoms with Crippen molar-refractivity contribution in [3.8, 4) is 5.75 Å². The molecule has 10 heteroatoms. The zero-order valence-electron chi connectivity index (χ0n) is 17.6. The number of nitrogens with one attached hydrogen (secondary N) is 1. The first-order chi connectivity index (χ1) is 15.8. The molecule has 1 N–H and O–H groups in total. The lowest BCUT2D eigenvalue weighted by molar-refractivity contribution is -0.274. The number of morpholine rings is 1. The molecular weight excluding hydrogens is 439 g/mol. The maximum absolute atomic E-state index is 13.2. The first-order valence-electron chi connectivity index (χ1n) is 10.4. The van der Waals surface area contributed by atoms with Crippen LogP contribution in [0.15, 0.2) is 60.3 Å². The van der Waals surface area contributed by atoms with Crippen molar-refractivity contribution >= 4 is 23.1 Å². The molecule has 0 saturated carbocycles. The summed E-state index contributed by atoms with van der Waals surface area (Å²) in [6.07, 6.45) is -4.80. The fourth-order valence-corrected chi connectivity index (χ4v) is 3.72. The van der Waals surface area contributed by atoms with E-state index in [-0.39, 0.29) is 23.6 Å². The average molecular weight is 461 g/mol. The van der Waals surface area contributed by atoms with Crippen LogP contribution in [-0.2, 0) is 14.3 Å². The lowest BCUT2D eigenvalue weighted by Crippen LogP contribution is -2.43. The van der Waals surface area contributed by atoms with Crippen molar-refractivity contribution in [2.45, 2.75) is 6.36 Å². The zero-order chi connectivity index (χ0) is 23.4. The van der Waals surface area contributed by atoms with Gasteiger partial charge in [0.05, 0.1) is 18.8 Å². The van der Waals surface area contributed by atoms with Gasteiger partial charge < -0.3 is 14.8 Å². The normalized spacial score (nSPS) is 17.6. The maximum atomic E-state index is 13.2. The molecule has 1 saturated heterocycles. The van der Waals surface area contributed by atoms with Crippen LogP contribution < -0.4 is 10.1 Å². The molecule has 7 nitrogen and oxygen atoms in total. The highest BCUT2D eigenvalue weighted by Gasteiger charge is 2.39. The van der Waals surface area contributed by atoms with Crippen molar-refractivity contribution < 1.29 is 32.2 Å². The van der Waals surface area contributed by atoms with E-state index in [1.54, 1.807) is 30.3 Å². The highest BCUT2D eigenvalue weighted by molar-refractivity contribution is 6.36. The van der Waals surface area contributed by atoms with E-state index in [2.05, 4.69) is 15.0 Å². The molecule has 2 heterocycles. The Bertz CT molecular complexity index is 1030. The van der Waals surface area contributed by atoms with Gasteiger partial charge in [0.2, 0.25) is 0 Å². The summed E-state index contributed by atoms with van der Waals surface area (Å²) in [5.74, 6) is -1.28. The average Bonchev–Trinajstić information content (AvgIpc) is 3.03. The molecule has 0 radical (unpaired) electrons. The lowest BCUT2D eigenvalue weighted by Gasteiger charge is -2.28. The van der Waals surface area contributed by atoms with Gasteiger partial charge in [-0.3, -0.25) is 19.4 Å². The van der Waals surface area contributed by atoms with Crippen LogP contribution in [0.2, 0.25) is 0 Å². The molecule has 2 aromatic rings. The second kappa shape index (κ2) is 9.63. The minimum absolute atomic E-state index is 0.0812. The monoisotopic (exact) mass is 461 g/mol. The Morgan fingerprint density at radius 1 is 0.909 bits per heavy atom. The van der Waals surface area contributed by atoms with E-state index >= 15 is 0 Å². The number of carbonyl (C=O) groups excluding carboxylic acids is 2. The van der Waals surface area contributed by atoms with Gasteiger partial charge in [0, 0.05) is 31.9 Å². The molecule has 174 valence electrons. The van der Waals surface area contributed by atoms with Crippen molar-refractivity contribution in [3.63, 3.8) is 0 Å². The molecule has 0 spiro atoms. The maximum Gasteiger partial charge on any atom is 0.573 e. The minimum Gasteiger partial charge on any atom is -0.406 e. The zero-order valence-corrected chi connectivity index (χ0v) is 17.6. The first kappa shape index (κ1) is 22.8. The van der Waals surface area contributed by atoms with Gasteiger partial charge >= 0.3 is 6.36 Å². The third-order valence-electron chi connectivity index (χ3n) is 5.33. The van der Waals surface area contributed by atoms with E-state index < -0.39 is 18.2 Å². The van der Waals surface area contributed by atoms with E-state index in [9.17, 15) is 22.8 Å². The summed E-state index contributed by atoms with van der Waals surface area (Å²) in [6.45, 7) is 3.42. The van der Waals surface area contributed by atoms with E-state index in [0.717, 1.165) is 25.2 Å². The van der Waals surface area contributed by atoms with Crippen LogP contribution in [0.25, 0.3) is 5.57 Å². The third kappa shape index (κ3) is 5.52. The van der Waals surface area contributed by atoms with E-state index in [1.165, 1.54) is 17.0 Å². The molecule has 0 aliphatic carbocycles. The van der Waals surface area contributed by atoms with Gasteiger partial charge in [0.15, 0.2) is 0 Å². The first-order valence-corrected chi connectivity index (χ1v) is 10.4. The van der Waals surface area contributed by atoms with Crippen LogP contribution in [0.1, 0.15) is 5.56 Å². The summed E-state index contributed by atoms with van der Waals surface area (Å²) in [5, 5.41) is 2.92. The quantitative estimate of drug-likeness (QED) is 0.639. The Kier molecular flexibility index (Phi) is 6.66. The fraction of sp³-hybridized carbons (Fsp3) is 0.304. The van der Waals surface area contributed by atoms with Crippen LogP contribution >= 0.6 is 0 Å². The fourth-order valence-electron chi connectivity index (χ4n) is 3.72. The third-order valence-corrected chi connectivity index (χ3v) is 5.33. The van der Waals surface area contributed by atoms with Crippen LogP contribution in [0.5, 0.6) is 5.75 Å². The number of hydrogen-bond acceptors (Lipinski definition) is 6. The lowest BCUT2D eigenvalue weighted by atomic mass is 10.0. The number of rotatable bonds is 7. The molecule has 0 unspecified atom stereocenters. The van der Waals surface area contributed by atoms with Crippen molar-refractivity contribution in [1.29, 1.82) is 0 Å². The summed E-state index contributed by atoms with van der Waals surface area (Å²) in [5.41, 5.74) is 1.23. The van der Waals surface area contributed by atoms with E-state index in [1.807, 2.05) is 0 Å². The SMILES string of the molecule is O=C1C(Nc2ccc(OC(F)(F)F)cc2)=C(c2ccccc2)C(=O)N1CCN1CCOCC1. The molecular formula is C23H22F3N3O4. The Hall–Kier alpha value is -3.37. The van der Waals surface area contributed by atoms with Crippen molar-refractivity contribution in [1.82, 2.24) is 9.80 Å². The van der Waals surface area contributed by atoms with E-state index in [0.29, 0.717) is 31.0 Å². The number of imide groups is 1. The van der Waals surface area contributed by atoms with Gasteiger partial charge in [-0.25, -0.2) is 0 Å². The Morgan fingerprint density at radius 2 is 1.58 bits per heavy atom. The molecule has 2 amide bonds. The predicted octanol–water partition coefficient (Wildman–Crippen LogP) is 3.11. The summed E-state index contributed by atoms with van der Waals surface area (Å²) in [7, 11) is 0. The van der Waals surface area contributed by atoms with Crippen molar-refractivity contribution in [2.75, 3.05) is 44.7 Å². The van der Waals surface area contributed by atoms with Crippen LogP contribution in [-0.4, -0.2) is 67.4 Å². The van der Waals surface area contributed by atoms with Gasteiger partial charge in [-0.1, -0.05) is 30.3 Å². The topological polar surface area (TPSA) is 71.1 Å². The minimum atomic E-state index is -4.80. The molecule has 0 aromatic heterocycles. The number of ether oxygens (including phenoxy) is 2. The molecule has 1 fully saturated rings. The van der Waals surface area contributed by atoms with Gasteiger partial charge in [-0.05, 0) is 29.8 Å². The van der Waals surface area contributed by atoms with Crippen LogP contribution in [0, 0.1) is 0 Å². The summed E-state index contributed by atoms with van der Waals surface area (Å²) >= 11 is 0. The number of alkyl halides is 3. The number of amides is 2. The van der Waals surface area contributed by atoms with Gasteiger partial charge in [0.1, 0.15) is 11.4 Å². The summed E-state index contributed by atoms with van der Waals surface area (Å²) < 4.78 is 46.4. The number of anilines is 1. The van der Waals surface area contributed by atoms with Crippen LogP contribution in [0.4, 0.5) is 18.9 Å². The molecule has 0 bridgehead atoms. The Balaban J connectivity index is 1.56. The van der Waals surface area contributed by atoms with Gasteiger partial charge in [-0.2, -0.15) is 0 Å². The molecule has 0 atom stereocenters. The Morgan fingerprint density at radius 3 is 2.21 bits per heavy atom. The molecule has 33 heavy (non-hydrogen) atoms. The number of carbonyl (C=O) groups is 2. The number of hydrogen-bond donors (Lipinski definition) is 1. The van der Waals surface area contributed by atoms with Crippen molar-refractivity contribution in [3.05, 3.63) is 65.9 Å². The Labute approximate surface area is 188 Å². The molecule has 2 aromatic carbocycles. The summed E-state index contributed by atoms with van der Waals surface area (Å²) in [6, 6.07) is 13.8. The standard InChI is InChI=1S/C23H22F3N3O4/c24-23(25,26)33-18-8-6-17(7-9-18)27-20-19(16-4-2-1-3-5-16)21(30)29(22(20)31)11-10-28-12-14-32-15-13-28/h1-9,27H,10-15H2. The second-order valence-corrected chi connectivity index (χ2v) is 7.53. The van der Waals surface area contributed by atoms with Crippen LogP contribution in [0.3, 0.4) is 0 Å². The van der Waals surface area contributed by atoms with E-state index in [4.69, 9.17) is 4.74 Å². The highest BCUT2D eigenvalue weighted by atomic mass is 19.4. The number of halogens is 3.